The number of carboxylic acids is 1. The molecule has 1 atom stereocenters. The molecule has 1 aromatic rings. The molecule has 1 aliphatic rings. The minimum absolute atomic E-state index is 0.105. The van der Waals surface area contributed by atoms with Crippen molar-refractivity contribution < 1.29 is 14.7 Å². The van der Waals surface area contributed by atoms with E-state index in [1.807, 2.05) is 4.90 Å². The molecule has 0 aromatic heterocycles. The molecule has 0 saturated carbocycles. The van der Waals surface area contributed by atoms with Crippen molar-refractivity contribution in [1.29, 1.82) is 0 Å². The number of carbonyl (C=O) groups is 2. The van der Waals surface area contributed by atoms with E-state index in [-0.39, 0.29) is 12.3 Å². The van der Waals surface area contributed by atoms with Gasteiger partial charge in [0.2, 0.25) is 0 Å². The number of halogens is 1. The molecule has 6 heteroatoms. The van der Waals surface area contributed by atoms with Crippen molar-refractivity contribution in [3.63, 3.8) is 0 Å². The molecule has 19 heavy (non-hydrogen) atoms. The molecule has 1 heterocycles. The van der Waals surface area contributed by atoms with E-state index >= 15 is 0 Å². The topological polar surface area (TPSA) is 83.6 Å². The molecule has 1 unspecified atom stereocenters. The van der Waals surface area contributed by atoms with Gasteiger partial charge in [-0.15, -0.1) is 0 Å². The lowest BCUT2D eigenvalue weighted by molar-refractivity contribution is -0.137. The lowest BCUT2D eigenvalue weighted by atomic mass is 10.1. The molecule has 1 amide bonds. The minimum Gasteiger partial charge on any atom is -0.481 e. The van der Waals surface area contributed by atoms with Gasteiger partial charge in [-0.05, 0) is 30.5 Å². The summed E-state index contributed by atoms with van der Waals surface area (Å²) >= 11 is 5.86. The molecule has 1 fully saturated rings. The Morgan fingerprint density at radius 2 is 2.21 bits per heavy atom. The molecule has 0 spiro atoms. The smallest absolute Gasteiger partial charge is 0.303 e. The highest BCUT2D eigenvalue weighted by molar-refractivity contribution is 6.31. The Hall–Kier alpha value is -1.75. The molecule has 1 saturated heterocycles. The first-order chi connectivity index (χ1) is 8.97. The van der Waals surface area contributed by atoms with Crippen molar-refractivity contribution in [2.75, 3.05) is 18.0 Å². The van der Waals surface area contributed by atoms with Crippen LogP contribution in [0, 0.1) is 5.92 Å². The molecule has 3 N–H and O–H groups in total. The monoisotopic (exact) mass is 282 g/mol. The van der Waals surface area contributed by atoms with Crippen LogP contribution in [-0.2, 0) is 4.79 Å². The van der Waals surface area contributed by atoms with Crippen LogP contribution < -0.4 is 10.6 Å². The van der Waals surface area contributed by atoms with Gasteiger partial charge in [0.05, 0.1) is 5.56 Å². The van der Waals surface area contributed by atoms with Crippen LogP contribution in [0.3, 0.4) is 0 Å². The number of aliphatic carboxylic acids is 1. The van der Waals surface area contributed by atoms with Crippen LogP contribution in [0.5, 0.6) is 0 Å². The Kier molecular flexibility index (Phi) is 3.95. The Bertz CT molecular complexity index is 519. The van der Waals surface area contributed by atoms with Crippen molar-refractivity contribution in [3.8, 4) is 0 Å². The second-order valence-corrected chi connectivity index (χ2v) is 5.16. The van der Waals surface area contributed by atoms with Gasteiger partial charge in [0, 0.05) is 30.2 Å². The Labute approximate surface area is 116 Å². The van der Waals surface area contributed by atoms with Gasteiger partial charge in [0.1, 0.15) is 0 Å². The molecule has 102 valence electrons. The third-order valence-corrected chi connectivity index (χ3v) is 3.55. The highest BCUT2D eigenvalue weighted by Crippen LogP contribution is 2.30. The highest BCUT2D eigenvalue weighted by atomic mass is 35.5. The van der Waals surface area contributed by atoms with E-state index in [9.17, 15) is 9.59 Å². The quantitative estimate of drug-likeness (QED) is 0.881. The average molecular weight is 283 g/mol. The molecule has 2 rings (SSSR count). The third-order valence-electron chi connectivity index (χ3n) is 3.31. The summed E-state index contributed by atoms with van der Waals surface area (Å²) in [5, 5.41) is 9.26. The first-order valence-electron chi connectivity index (χ1n) is 6.03. The van der Waals surface area contributed by atoms with E-state index in [1.54, 1.807) is 18.2 Å². The van der Waals surface area contributed by atoms with Crippen molar-refractivity contribution in [3.05, 3.63) is 28.8 Å². The maximum atomic E-state index is 11.4. The van der Waals surface area contributed by atoms with Gasteiger partial charge in [-0.2, -0.15) is 0 Å². The number of carbonyl (C=O) groups excluding carboxylic acids is 1. The summed E-state index contributed by atoms with van der Waals surface area (Å²) in [4.78, 5) is 24.1. The summed E-state index contributed by atoms with van der Waals surface area (Å²) in [6.45, 7) is 1.34. The fourth-order valence-corrected chi connectivity index (χ4v) is 2.62. The highest BCUT2D eigenvalue weighted by Gasteiger charge is 2.26. The Morgan fingerprint density at radius 3 is 2.84 bits per heavy atom. The van der Waals surface area contributed by atoms with Crippen molar-refractivity contribution in [2.45, 2.75) is 12.8 Å². The van der Waals surface area contributed by atoms with E-state index < -0.39 is 11.9 Å². The lowest BCUT2D eigenvalue weighted by Gasteiger charge is -2.21. The van der Waals surface area contributed by atoms with Crippen LogP contribution in [0.25, 0.3) is 0 Å². The maximum absolute atomic E-state index is 11.4. The summed E-state index contributed by atoms with van der Waals surface area (Å²) in [5.74, 6) is -1.22. The van der Waals surface area contributed by atoms with E-state index in [4.69, 9.17) is 22.4 Å². The van der Waals surface area contributed by atoms with Crippen molar-refractivity contribution in [2.24, 2.45) is 11.7 Å². The summed E-state index contributed by atoms with van der Waals surface area (Å²) in [7, 11) is 0. The Balaban J connectivity index is 2.19. The van der Waals surface area contributed by atoms with Gasteiger partial charge in [0.15, 0.2) is 0 Å². The SMILES string of the molecule is NC(=O)c1cc(Cl)ccc1N1CCC(CC(=O)O)C1. The second-order valence-electron chi connectivity index (χ2n) is 4.72. The number of anilines is 1. The van der Waals surface area contributed by atoms with Gasteiger partial charge >= 0.3 is 5.97 Å². The van der Waals surface area contributed by atoms with Gasteiger partial charge in [-0.3, -0.25) is 9.59 Å². The minimum atomic E-state index is -0.793. The average Bonchev–Trinajstić information content (AvgIpc) is 2.76. The molecule has 5 nitrogen and oxygen atoms in total. The normalized spacial score (nSPS) is 18.6. The fraction of sp³-hybridized carbons (Fsp3) is 0.385. The zero-order valence-electron chi connectivity index (χ0n) is 10.3. The zero-order chi connectivity index (χ0) is 14.0. The Morgan fingerprint density at radius 1 is 1.47 bits per heavy atom. The molecule has 1 aliphatic heterocycles. The number of benzene rings is 1. The van der Waals surface area contributed by atoms with Gasteiger partial charge < -0.3 is 15.7 Å². The van der Waals surface area contributed by atoms with Crippen molar-refractivity contribution in [1.82, 2.24) is 0 Å². The molecule has 0 bridgehead atoms. The van der Waals surface area contributed by atoms with Crippen LogP contribution >= 0.6 is 11.6 Å². The molecule has 0 radical (unpaired) electrons. The summed E-state index contributed by atoms with van der Waals surface area (Å²) in [5.41, 5.74) is 6.45. The van der Waals surface area contributed by atoms with Crippen LogP contribution in [0.1, 0.15) is 23.2 Å². The predicted molar refractivity (Wildman–Crippen MR) is 72.5 cm³/mol. The number of hydrogen-bond acceptors (Lipinski definition) is 3. The molecular formula is C13H15ClN2O3. The summed E-state index contributed by atoms with van der Waals surface area (Å²) in [6.07, 6.45) is 0.948. The zero-order valence-corrected chi connectivity index (χ0v) is 11.1. The lowest BCUT2D eigenvalue weighted by Crippen LogP contribution is -2.24. The van der Waals surface area contributed by atoms with Crippen LogP contribution in [0.15, 0.2) is 18.2 Å². The van der Waals surface area contributed by atoms with Crippen LogP contribution in [0.4, 0.5) is 5.69 Å². The van der Waals surface area contributed by atoms with E-state index in [0.717, 1.165) is 18.7 Å². The number of carboxylic acid groups (broad SMARTS) is 1. The van der Waals surface area contributed by atoms with E-state index in [1.165, 1.54) is 0 Å². The van der Waals surface area contributed by atoms with Crippen LogP contribution in [-0.4, -0.2) is 30.1 Å². The van der Waals surface area contributed by atoms with Crippen LogP contribution in [0.2, 0.25) is 5.02 Å². The van der Waals surface area contributed by atoms with Crippen molar-refractivity contribution >= 4 is 29.2 Å². The molecule has 0 aliphatic carbocycles. The first-order valence-corrected chi connectivity index (χ1v) is 6.41. The molecular weight excluding hydrogens is 268 g/mol. The summed E-state index contributed by atoms with van der Waals surface area (Å²) in [6, 6.07) is 5.00. The largest absolute Gasteiger partial charge is 0.481 e. The second kappa shape index (κ2) is 5.48. The number of amides is 1. The number of hydrogen-bond donors (Lipinski definition) is 2. The first kappa shape index (κ1) is 13.7. The number of nitrogens with two attached hydrogens (primary N) is 1. The fourth-order valence-electron chi connectivity index (χ4n) is 2.45. The number of nitrogens with zero attached hydrogens (tertiary/aromatic N) is 1. The van der Waals surface area contributed by atoms with Gasteiger partial charge in [0.25, 0.3) is 5.91 Å². The number of primary amides is 1. The molecule has 1 aromatic carbocycles. The third kappa shape index (κ3) is 3.17. The maximum Gasteiger partial charge on any atom is 0.303 e. The number of rotatable bonds is 4. The van der Waals surface area contributed by atoms with E-state index in [0.29, 0.717) is 17.1 Å². The van der Waals surface area contributed by atoms with Gasteiger partial charge in [-0.1, -0.05) is 11.6 Å². The van der Waals surface area contributed by atoms with Gasteiger partial charge in [-0.25, -0.2) is 0 Å². The van der Waals surface area contributed by atoms with E-state index in [2.05, 4.69) is 0 Å². The predicted octanol–water partition coefficient (Wildman–Crippen LogP) is 1.74. The summed E-state index contributed by atoms with van der Waals surface area (Å²) < 4.78 is 0. The standard InChI is InChI=1S/C13H15ClN2O3/c14-9-1-2-11(10(6-9)13(15)19)16-4-3-8(7-16)5-12(17)18/h1-2,6,8H,3-5,7H2,(H2,15,19)(H,17,18).